The van der Waals surface area contributed by atoms with Gasteiger partial charge in [-0.15, -0.1) is 0 Å². The molecule has 0 unspecified atom stereocenters. The molecule has 0 saturated heterocycles. The normalized spacial score (nSPS) is 15.4. The molecule has 1 N–H and O–H groups in total. The minimum absolute atomic E-state index is 0.0653. The fraction of sp³-hybridized carbons (Fsp3) is 0.357. The van der Waals surface area contributed by atoms with Crippen LogP contribution < -0.4 is 14.8 Å². The second kappa shape index (κ2) is 5.58. The lowest BCUT2D eigenvalue weighted by atomic mass is 10.1. The number of benzene rings is 1. The Morgan fingerprint density at radius 1 is 1.33 bits per heavy atom. The molecule has 18 heavy (non-hydrogen) atoms. The average molecular weight is 247 g/mol. The molecule has 1 aromatic carbocycles. The summed E-state index contributed by atoms with van der Waals surface area (Å²) in [6.45, 7) is 4.90. The zero-order valence-corrected chi connectivity index (χ0v) is 10.6. The first-order chi connectivity index (χ1) is 8.70. The maximum atomic E-state index is 11.5. The number of ether oxygens (including phenoxy) is 2. The molecule has 0 saturated carbocycles. The molecule has 0 bridgehead atoms. The van der Waals surface area contributed by atoms with Crippen LogP contribution in [0.2, 0.25) is 0 Å². The molecule has 1 heterocycles. The van der Waals surface area contributed by atoms with Crippen LogP contribution in [0.25, 0.3) is 0 Å². The summed E-state index contributed by atoms with van der Waals surface area (Å²) in [6.07, 6.45) is 3.22. The first-order valence-electron chi connectivity index (χ1n) is 6.03. The number of hydrogen-bond donors (Lipinski definition) is 1. The number of fused-ring (bicyclic) bond motifs is 1. The van der Waals surface area contributed by atoms with Crippen LogP contribution in [-0.4, -0.2) is 19.1 Å². The number of carbonyl (C=O) groups excluding carboxylic acids is 1. The van der Waals surface area contributed by atoms with Crippen LogP contribution in [0.1, 0.15) is 25.5 Å². The second-order valence-corrected chi connectivity index (χ2v) is 4.13. The lowest BCUT2D eigenvalue weighted by Gasteiger charge is -2.20. The fourth-order valence-corrected chi connectivity index (χ4v) is 1.83. The molecule has 0 radical (unpaired) electrons. The van der Waals surface area contributed by atoms with Gasteiger partial charge in [-0.05, 0) is 37.6 Å². The highest BCUT2D eigenvalue weighted by molar-refractivity contribution is 5.87. The zero-order chi connectivity index (χ0) is 13.0. The van der Waals surface area contributed by atoms with Crippen molar-refractivity contribution in [3.05, 3.63) is 35.9 Å². The topological polar surface area (TPSA) is 47.6 Å². The molecule has 2 rings (SSSR count). The summed E-state index contributed by atoms with van der Waals surface area (Å²) >= 11 is 0. The molecule has 0 fully saturated rings. The van der Waals surface area contributed by atoms with Gasteiger partial charge in [-0.1, -0.05) is 12.1 Å². The van der Waals surface area contributed by atoms with E-state index in [9.17, 15) is 4.79 Å². The highest BCUT2D eigenvalue weighted by Crippen LogP contribution is 2.32. The van der Waals surface area contributed by atoms with Crippen molar-refractivity contribution in [3.63, 3.8) is 0 Å². The third-order valence-corrected chi connectivity index (χ3v) is 2.74. The molecule has 1 aromatic rings. The van der Waals surface area contributed by atoms with Crippen molar-refractivity contribution in [1.82, 2.24) is 5.32 Å². The van der Waals surface area contributed by atoms with Crippen molar-refractivity contribution in [3.8, 4) is 11.5 Å². The van der Waals surface area contributed by atoms with Crippen LogP contribution in [0.15, 0.2) is 30.4 Å². The monoisotopic (exact) mass is 247 g/mol. The average Bonchev–Trinajstić information content (AvgIpc) is 2.38. The summed E-state index contributed by atoms with van der Waals surface area (Å²) < 4.78 is 11.0. The molecule has 0 aliphatic carbocycles. The highest BCUT2D eigenvalue weighted by atomic mass is 16.6. The van der Waals surface area contributed by atoms with Crippen molar-refractivity contribution >= 4 is 5.91 Å². The van der Waals surface area contributed by atoms with E-state index in [1.807, 2.05) is 32.0 Å². The predicted octanol–water partition coefficient (Wildman–Crippen LogP) is 2.21. The second-order valence-electron chi connectivity index (χ2n) is 4.13. The molecule has 0 aromatic heterocycles. The minimum atomic E-state index is -0.0973. The maximum Gasteiger partial charge on any atom is 0.244 e. The summed E-state index contributed by atoms with van der Waals surface area (Å²) in [7, 11) is 0. The van der Waals surface area contributed by atoms with E-state index in [1.165, 1.54) is 6.08 Å². The minimum Gasteiger partial charge on any atom is -0.486 e. The Labute approximate surface area is 107 Å². The van der Waals surface area contributed by atoms with Gasteiger partial charge in [0.2, 0.25) is 5.91 Å². The standard InChI is InChI=1S/C14H17NO3/c1-3-4-14(16)15-10(2)11-5-6-12-13(9-11)18-8-7-17-12/h3-6,9-10H,7-8H2,1-2H3,(H,15,16)/b4-3-/t10-/m0/s1. The summed E-state index contributed by atoms with van der Waals surface area (Å²) in [5, 5.41) is 2.88. The smallest absolute Gasteiger partial charge is 0.244 e. The van der Waals surface area contributed by atoms with Gasteiger partial charge in [0.1, 0.15) is 13.2 Å². The Morgan fingerprint density at radius 2 is 2.06 bits per heavy atom. The number of allylic oxidation sites excluding steroid dienone is 1. The van der Waals surface area contributed by atoms with Gasteiger partial charge in [0, 0.05) is 0 Å². The van der Waals surface area contributed by atoms with E-state index >= 15 is 0 Å². The van der Waals surface area contributed by atoms with Gasteiger partial charge in [-0.25, -0.2) is 0 Å². The number of rotatable bonds is 3. The molecule has 1 atom stereocenters. The van der Waals surface area contributed by atoms with Crippen LogP contribution in [0.5, 0.6) is 11.5 Å². The summed E-state index contributed by atoms with van der Waals surface area (Å²) in [5.74, 6) is 1.41. The van der Waals surface area contributed by atoms with Crippen molar-refractivity contribution in [2.75, 3.05) is 13.2 Å². The van der Waals surface area contributed by atoms with Crippen LogP contribution in [0.4, 0.5) is 0 Å². The van der Waals surface area contributed by atoms with E-state index in [0.29, 0.717) is 13.2 Å². The Kier molecular flexibility index (Phi) is 3.87. The molecule has 0 spiro atoms. The third-order valence-electron chi connectivity index (χ3n) is 2.74. The van der Waals surface area contributed by atoms with Gasteiger partial charge in [-0.2, -0.15) is 0 Å². The summed E-state index contributed by atoms with van der Waals surface area (Å²) in [4.78, 5) is 11.5. The van der Waals surface area contributed by atoms with Crippen molar-refractivity contribution in [1.29, 1.82) is 0 Å². The van der Waals surface area contributed by atoms with E-state index < -0.39 is 0 Å². The van der Waals surface area contributed by atoms with Gasteiger partial charge >= 0.3 is 0 Å². The molecule has 1 aliphatic rings. The number of nitrogens with one attached hydrogen (secondary N) is 1. The Balaban J connectivity index is 2.10. The number of hydrogen-bond acceptors (Lipinski definition) is 3. The first-order valence-corrected chi connectivity index (χ1v) is 6.03. The summed E-state index contributed by atoms with van der Waals surface area (Å²) in [5.41, 5.74) is 0.997. The van der Waals surface area contributed by atoms with Gasteiger partial charge < -0.3 is 14.8 Å². The molecular weight excluding hydrogens is 230 g/mol. The molecule has 1 amide bonds. The van der Waals surface area contributed by atoms with Crippen molar-refractivity contribution in [2.45, 2.75) is 19.9 Å². The Morgan fingerprint density at radius 3 is 2.78 bits per heavy atom. The lowest BCUT2D eigenvalue weighted by molar-refractivity contribution is -0.117. The van der Waals surface area contributed by atoms with E-state index in [-0.39, 0.29) is 11.9 Å². The quantitative estimate of drug-likeness (QED) is 0.833. The number of carbonyl (C=O) groups is 1. The molecule has 4 heteroatoms. The zero-order valence-electron chi connectivity index (χ0n) is 10.6. The SMILES string of the molecule is C/C=C\C(=O)N[C@@H](C)c1ccc2c(c1)OCCO2. The van der Waals surface area contributed by atoms with E-state index in [0.717, 1.165) is 17.1 Å². The molecule has 4 nitrogen and oxygen atoms in total. The number of amides is 1. The third kappa shape index (κ3) is 2.83. The Bertz CT molecular complexity index is 468. The summed E-state index contributed by atoms with van der Waals surface area (Å²) in [6, 6.07) is 5.66. The highest BCUT2D eigenvalue weighted by Gasteiger charge is 2.14. The molecule has 1 aliphatic heterocycles. The van der Waals surface area contributed by atoms with Gasteiger partial charge in [0.05, 0.1) is 6.04 Å². The van der Waals surface area contributed by atoms with Crippen LogP contribution in [0.3, 0.4) is 0 Å². The van der Waals surface area contributed by atoms with Gasteiger partial charge in [0.15, 0.2) is 11.5 Å². The van der Waals surface area contributed by atoms with Gasteiger partial charge in [0.25, 0.3) is 0 Å². The first kappa shape index (κ1) is 12.5. The maximum absolute atomic E-state index is 11.5. The Hall–Kier alpha value is -1.97. The van der Waals surface area contributed by atoms with E-state index in [2.05, 4.69) is 5.32 Å². The van der Waals surface area contributed by atoms with E-state index in [1.54, 1.807) is 6.08 Å². The van der Waals surface area contributed by atoms with Crippen LogP contribution in [-0.2, 0) is 4.79 Å². The van der Waals surface area contributed by atoms with Crippen LogP contribution >= 0.6 is 0 Å². The van der Waals surface area contributed by atoms with E-state index in [4.69, 9.17) is 9.47 Å². The lowest BCUT2D eigenvalue weighted by Crippen LogP contribution is -2.25. The largest absolute Gasteiger partial charge is 0.486 e. The fourth-order valence-electron chi connectivity index (χ4n) is 1.83. The van der Waals surface area contributed by atoms with Crippen molar-refractivity contribution < 1.29 is 14.3 Å². The predicted molar refractivity (Wildman–Crippen MR) is 68.8 cm³/mol. The van der Waals surface area contributed by atoms with Crippen molar-refractivity contribution in [2.24, 2.45) is 0 Å². The van der Waals surface area contributed by atoms with Crippen LogP contribution in [0, 0.1) is 0 Å². The molecule has 96 valence electrons. The van der Waals surface area contributed by atoms with Gasteiger partial charge in [-0.3, -0.25) is 4.79 Å². The molecular formula is C14H17NO3.